The van der Waals surface area contributed by atoms with Crippen LogP contribution in [0.3, 0.4) is 0 Å². The third-order valence-corrected chi connectivity index (χ3v) is 3.58. The molecule has 0 saturated heterocycles. The van der Waals surface area contributed by atoms with Crippen LogP contribution in [-0.2, 0) is 0 Å². The lowest BCUT2D eigenvalue weighted by atomic mass is 10.0. The van der Waals surface area contributed by atoms with E-state index >= 15 is 0 Å². The third kappa shape index (κ3) is 6.11. The SMILES string of the molecule is Cc1cccc(OCCNC(C)CCC(C)C)c1C. The van der Waals surface area contributed by atoms with E-state index in [1.54, 1.807) is 0 Å². The topological polar surface area (TPSA) is 21.3 Å². The molecule has 0 aromatic heterocycles. The smallest absolute Gasteiger partial charge is 0.122 e. The molecule has 19 heavy (non-hydrogen) atoms. The Morgan fingerprint density at radius 1 is 1.11 bits per heavy atom. The second-order valence-corrected chi connectivity index (χ2v) is 5.87. The maximum Gasteiger partial charge on any atom is 0.122 e. The number of hydrogen-bond acceptors (Lipinski definition) is 2. The van der Waals surface area contributed by atoms with Gasteiger partial charge in [0.25, 0.3) is 0 Å². The monoisotopic (exact) mass is 263 g/mol. The minimum absolute atomic E-state index is 0.574. The largest absolute Gasteiger partial charge is 0.492 e. The summed E-state index contributed by atoms with van der Waals surface area (Å²) in [6.07, 6.45) is 2.52. The highest BCUT2D eigenvalue weighted by Gasteiger charge is 2.04. The van der Waals surface area contributed by atoms with Gasteiger partial charge in [0.2, 0.25) is 0 Å². The molecule has 1 aromatic rings. The summed E-state index contributed by atoms with van der Waals surface area (Å²) < 4.78 is 5.83. The van der Waals surface area contributed by atoms with Crippen molar-refractivity contribution >= 4 is 0 Å². The zero-order valence-corrected chi connectivity index (χ0v) is 13.1. The summed E-state index contributed by atoms with van der Waals surface area (Å²) in [6, 6.07) is 6.79. The quantitative estimate of drug-likeness (QED) is 0.713. The van der Waals surface area contributed by atoms with Crippen LogP contribution in [0, 0.1) is 19.8 Å². The van der Waals surface area contributed by atoms with Crippen molar-refractivity contribution in [1.29, 1.82) is 0 Å². The number of hydrogen-bond donors (Lipinski definition) is 1. The predicted octanol–water partition coefficient (Wildman–Crippen LogP) is 4.10. The Hall–Kier alpha value is -1.02. The van der Waals surface area contributed by atoms with Crippen LogP contribution in [0.4, 0.5) is 0 Å². The molecule has 108 valence electrons. The van der Waals surface area contributed by atoms with Crippen molar-refractivity contribution in [1.82, 2.24) is 5.32 Å². The van der Waals surface area contributed by atoms with Crippen molar-refractivity contribution in [2.24, 2.45) is 5.92 Å². The van der Waals surface area contributed by atoms with Crippen molar-refractivity contribution in [2.45, 2.75) is 53.5 Å². The second-order valence-electron chi connectivity index (χ2n) is 5.87. The van der Waals surface area contributed by atoms with Crippen LogP contribution < -0.4 is 10.1 Å². The van der Waals surface area contributed by atoms with Crippen LogP contribution in [0.15, 0.2) is 18.2 Å². The Bertz CT molecular complexity index is 374. The number of ether oxygens (including phenoxy) is 1. The maximum atomic E-state index is 5.83. The molecule has 0 fully saturated rings. The standard InChI is InChI=1S/C17H29NO/c1-13(2)9-10-15(4)18-11-12-19-17-8-6-7-14(3)16(17)5/h6-8,13,15,18H,9-12H2,1-5H3. The fourth-order valence-electron chi connectivity index (χ4n) is 2.03. The Morgan fingerprint density at radius 2 is 1.84 bits per heavy atom. The number of rotatable bonds is 8. The van der Waals surface area contributed by atoms with E-state index in [4.69, 9.17) is 4.74 Å². The van der Waals surface area contributed by atoms with Gasteiger partial charge in [-0.15, -0.1) is 0 Å². The first-order valence-electron chi connectivity index (χ1n) is 7.43. The first-order chi connectivity index (χ1) is 9.00. The molecule has 1 unspecified atom stereocenters. The average Bonchev–Trinajstić information content (AvgIpc) is 2.37. The van der Waals surface area contributed by atoms with Crippen molar-refractivity contribution in [2.75, 3.05) is 13.2 Å². The van der Waals surface area contributed by atoms with Gasteiger partial charge >= 0.3 is 0 Å². The highest BCUT2D eigenvalue weighted by molar-refractivity contribution is 5.38. The van der Waals surface area contributed by atoms with Gasteiger partial charge in [0.15, 0.2) is 0 Å². The van der Waals surface area contributed by atoms with Crippen LogP contribution in [0.1, 0.15) is 44.7 Å². The number of aryl methyl sites for hydroxylation is 1. The molecular formula is C17H29NO. The molecule has 1 atom stereocenters. The van der Waals surface area contributed by atoms with E-state index in [9.17, 15) is 0 Å². The van der Waals surface area contributed by atoms with Crippen molar-refractivity contribution in [3.8, 4) is 5.75 Å². The molecule has 0 heterocycles. The molecule has 2 nitrogen and oxygen atoms in total. The minimum Gasteiger partial charge on any atom is -0.492 e. The van der Waals surface area contributed by atoms with Crippen molar-refractivity contribution in [3.05, 3.63) is 29.3 Å². The molecule has 0 aliphatic heterocycles. The lowest BCUT2D eigenvalue weighted by Crippen LogP contribution is -2.30. The molecule has 0 saturated carbocycles. The van der Waals surface area contributed by atoms with Crippen LogP contribution >= 0.6 is 0 Å². The Labute approximate surface area is 118 Å². The van der Waals surface area contributed by atoms with E-state index < -0.39 is 0 Å². The van der Waals surface area contributed by atoms with Gasteiger partial charge < -0.3 is 10.1 Å². The zero-order chi connectivity index (χ0) is 14.3. The van der Waals surface area contributed by atoms with Gasteiger partial charge in [0.1, 0.15) is 12.4 Å². The fourth-order valence-corrected chi connectivity index (χ4v) is 2.03. The summed E-state index contributed by atoms with van der Waals surface area (Å²) in [5.74, 6) is 1.80. The van der Waals surface area contributed by atoms with E-state index in [0.717, 1.165) is 24.8 Å². The Kier molecular flexibility index (Phi) is 6.93. The Balaban J connectivity index is 2.22. The summed E-state index contributed by atoms with van der Waals surface area (Å²) in [4.78, 5) is 0. The molecule has 0 amide bonds. The molecular weight excluding hydrogens is 234 g/mol. The van der Waals surface area contributed by atoms with Gasteiger partial charge in [0.05, 0.1) is 0 Å². The zero-order valence-electron chi connectivity index (χ0n) is 13.1. The molecule has 0 bridgehead atoms. The normalized spacial score (nSPS) is 12.7. The summed E-state index contributed by atoms with van der Waals surface area (Å²) >= 11 is 0. The highest BCUT2D eigenvalue weighted by Crippen LogP contribution is 2.20. The number of nitrogens with one attached hydrogen (secondary N) is 1. The Morgan fingerprint density at radius 3 is 2.53 bits per heavy atom. The molecule has 1 rings (SSSR count). The summed E-state index contributed by atoms with van der Waals surface area (Å²) in [5.41, 5.74) is 2.53. The average molecular weight is 263 g/mol. The van der Waals surface area contributed by atoms with Gasteiger partial charge in [-0.1, -0.05) is 26.0 Å². The van der Waals surface area contributed by atoms with Gasteiger partial charge in [-0.25, -0.2) is 0 Å². The summed E-state index contributed by atoms with van der Waals surface area (Å²) in [5, 5.41) is 3.52. The lowest BCUT2D eigenvalue weighted by Gasteiger charge is -2.16. The van der Waals surface area contributed by atoms with Gasteiger partial charge in [-0.2, -0.15) is 0 Å². The highest BCUT2D eigenvalue weighted by atomic mass is 16.5. The first-order valence-corrected chi connectivity index (χ1v) is 7.43. The van der Waals surface area contributed by atoms with E-state index in [-0.39, 0.29) is 0 Å². The second kappa shape index (κ2) is 8.21. The van der Waals surface area contributed by atoms with E-state index in [1.165, 1.54) is 24.0 Å². The van der Waals surface area contributed by atoms with Gasteiger partial charge in [-0.3, -0.25) is 0 Å². The molecule has 1 N–H and O–H groups in total. The fraction of sp³-hybridized carbons (Fsp3) is 0.647. The summed E-state index contributed by atoms with van der Waals surface area (Å²) in [7, 11) is 0. The van der Waals surface area contributed by atoms with Crippen LogP contribution in [-0.4, -0.2) is 19.2 Å². The first kappa shape index (κ1) is 16.0. The van der Waals surface area contributed by atoms with Crippen LogP contribution in [0.2, 0.25) is 0 Å². The van der Waals surface area contributed by atoms with Crippen LogP contribution in [0.5, 0.6) is 5.75 Å². The maximum absolute atomic E-state index is 5.83. The molecule has 0 aliphatic carbocycles. The molecule has 2 heteroatoms. The van der Waals surface area contributed by atoms with E-state index in [0.29, 0.717) is 6.04 Å². The minimum atomic E-state index is 0.574. The van der Waals surface area contributed by atoms with Gasteiger partial charge in [-0.05, 0) is 56.7 Å². The van der Waals surface area contributed by atoms with E-state index in [2.05, 4.69) is 52.1 Å². The van der Waals surface area contributed by atoms with Crippen LogP contribution in [0.25, 0.3) is 0 Å². The molecule has 0 aliphatic rings. The van der Waals surface area contributed by atoms with Gasteiger partial charge in [0, 0.05) is 12.6 Å². The predicted molar refractivity (Wildman–Crippen MR) is 82.9 cm³/mol. The molecule has 0 radical (unpaired) electrons. The number of benzene rings is 1. The van der Waals surface area contributed by atoms with E-state index in [1.807, 2.05) is 6.07 Å². The lowest BCUT2D eigenvalue weighted by molar-refractivity contribution is 0.301. The van der Waals surface area contributed by atoms with Crippen molar-refractivity contribution in [3.63, 3.8) is 0 Å². The molecule has 1 aromatic carbocycles. The van der Waals surface area contributed by atoms with Crippen molar-refractivity contribution < 1.29 is 4.74 Å². The molecule has 0 spiro atoms. The third-order valence-electron chi connectivity index (χ3n) is 3.58. The summed E-state index contributed by atoms with van der Waals surface area (Å²) in [6.45, 7) is 12.7.